The van der Waals surface area contributed by atoms with Crippen molar-refractivity contribution in [3.63, 3.8) is 0 Å². The summed E-state index contributed by atoms with van der Waals surface area (Å²) >= 11 is 0. The van der Waals surface area contributed by atoms with Gasteiger partial charge in [0.05, 0.1) is 11.1 Å². The predicted octanol–water partition coefficient (Wildman–Crippen LogP) is -0.503. The monoisotopic (exact) mass is 337 g/mol. The fourth-order valence-corrected chi connectivity index (χ4v) is 3.29. The standard InChI is InChI=1S/C14H15N3O5S/c15-13(18)10-7-17(6-9-4-2-1-3-5-9)8-11(14(16)19)12(10)23(20,21)22/h1-5,7-8,12H,6H2,(H2,15,18)(H2,16,19)(H,20,21,22). The van der Waals surface area contributed by atoms with Crippen LogP contribution >= 0.6 is 0 Å². The molecule has 0 aromatic heterocycles. The average Bonchev–Trinajstić information content (AvgIpc) is 2.46. The molecule has 9 heteroatoms. The lowest BCUT2D eigenvalue weighted by Gasteiger charge is -2.27. The number of carbonyl (C=O) groups excluding carboxylic acids is 2. The first kappa shape index (κ1) is 16.7. The van der Waals surface area contributed by atoms with E-state index in [4.69, 9.17) is 11.5 Å². The van der Waals surface area contributed by atoms with E-state index in [2.05, 4.69) is 0 Å². The van der Waals surface area contributed by atoms with Crippen LogP contribution in [0.1, 0.15) is 5.56 Å². The Labute approximate surface area is 132 Å². The Balaban J connectivity index is 2.48. The lowest BCUT2D eigenvalue weighted by atomic mass is 10.0. The number of primary amides is 2. The second-order valence-electron chi connectivity index (χ2n) is 4.95. The third-order valence-electron chi connectivity index (χ3n) is 3.25. The van der Waals surface area contributed by atoms with E-state index >= 15 is 0 Å². The van der Waals surface area contributed by atoms with Gasteiger partial charge in [0.25, 0.3) is 10.1 Å². The Kier molecular flexibility index (Phi) is 4.52. The van der Waals surface area contributed by atoms with Crippen molar-refractivity contribution < 1.29 is 22.6 Å². The van der Waals surface area contributed by atoms with Crippen molar-refractivity contribution in [1.29, 1.82) is 0 Å². The molecule has 23 heavy (non-hydrogen) atoms. The Morgan fingerprint density at radius 1 is 1.04 bits per heavy atom. The van der Waals surface area contributed by atoms with Crippen molar-refractivity contribution in [2.24, 2.45) is 11.5 Å². The molecular weight excluding hydrogens is 322 g/mol. The molecule has 0 aliphatic carbocycles. The molecule has 0 spiro atoms. The lowest BCUT2D eigenvalue weighted by molar-refractivity contribution is -0.115. The minimum Gasteiger partial charge on any atom is -0.366 e. The Hall–Kier alpha value is -2.65. The van der Waals surface area contributed by atoms with E-state index < -0.39 is 38.3 Å². The second-order valence-corrected chi connectivity index (χ2v) is 6.45. The average molecular weight is 337 g/mol. The van der Waals surface area contributed by atoms with Gasteiger partial charge in [-0.15, -0.1) is 0 Å². The summed E-state index contributed by atoms with van der Waals surface area (Å²) in [6.45, 7) is 0.257. The summed E-state index contributed by atoms with van der Waals surface area (Å²) in [5, 5.41) is -1.88. The molecule has 1 aromatic carbocycles. The highest BCUT2D eigenvalue weighted by Gasteiger charge is 2.39. The molecule has 1 aliphatic rings. The Morgan fingerprint density at radius 3 is 1.91 bits per heavy atom. The minimum absolute atomic E-state index is 0.257. The smallest absolute Gasteiger partial charge is 0.276 e. The highest BCUT2D eigenvalue weighted by molar-refractivity contribution is 7.87. The number of nitrogens with two attached hydrogens (primary N) is 2. The molecule has 1 aromatic rings. The number of hydrogen-bond acceptors (Lipinski definition) is 5. The molecule has 1 heterocycles. The number of amides is 2. The van der Waals surface area contributed by atoms with Crippen LogP contribution in [-0.4, -0.2) is 34.9 Å². The minimum atomic E-state index is -4.78. The molecule has 8 nitrogen and oxygen atoms in total. The normalized spacial score (nSPS) is 15.8. The van der Waals surface area contributed by atoms with Gasteiger partial charge in [-0.2, -0.15) is 8.42 Å². The second kappa shape index (κ2) is 6.23. The number of nitrogens with zero attached hydrogens (tertiary/aromatic N) is 1. The molecule has 0 fully saturated rings. The predicted molar refractivity (Wildman–Crippen MR) is 81.9 cm³/mol. The summed E-state index contributed by atoms with van der Waals surface area (Å²) in [7, 11) is -4.78. The van der Waals surface area contributed by atoms with E-state index in [0.717, 1.165) is 5.56 Å². The van der Waals surface area contributed by atoms with Gasteiger partial charge < -0.3 is 16.4 Å². The number of hydrogen-bond donors (Lipinski definition) is 3. The van der Waals surface area contributed by atoms with Crippen molar-refractivity contribution in [1.82, 2.24) is 4.90 Å². The van der Waals surface area contributed by atoms with Gasteiger partial charge >= 0.3 is 0 Å². The third-order valence-corrected chi connectivity index (χ3v) is 4.35. The molecule has 0 unspecified atom stereocenters. The van der Waals surface area contributed by atoms with Crippen LogP contribution in [0.25, 0.3) is 0 Å². The molecule has 0 atom stereocenters. The highest BCUT2D eigenvalue weighted by Crippen LogP contribution is 2.26. The lowest BCUT2D eigenvalue weighted by Crippen LogP contribution is -2.41. The summed E-state index contributed by atoms with van der Waals surface area (Å²) in [4.78, 5) is 24.5. The number of carbonyl (C=O) groups is 2. The van der Waals surface area contributed by atoms with Gasteiger partial charge in [0.1, 0.15) is 5.25 Å². The van der Waals surface area contributed by atoms with Crippen molar-refractivity contribution in [3.8, 4) is 0 Å². The van der Waals surface area contributed by atoms with Crippen molar-refractivity contribution in [2.45, 2.75) is 11.8 Å². The van der Waals surface area contributed by atoms with Gasteiger partial charge in [-0.05, 0) is 5.56 Å². The van der Waals surface area contributed by atoms with E-state index in [9.17, 15) is 22.6 Å². The van der Waals surface area contributed by atoms with E-state index in [1.54, 1.807) is 12.1 Å². The molecule has 2 rings (SSSR count). The molecule has 5 N–H and O–H groups in total. The molecule has 0 saturated carbocycles. The van der Waals surface area contributed by atoms with E-state index in [1.165, 1.54) is 17.3 Å². The molecule has 0 saturated heterocycles. The maximum Gasteiger partial charge on any atom is 0.276 e. The van der Waals surface area contributed by atoms with Gasteiger partial charge in [0.2, 0.25) is 11.8 Å². The van der Waals surface area contributed by atoms with Gasteiger partial charge in [0.15, 0.2) is 0 Å². The number of rotatable bonds is 5. The van der Waals surface area contributed by atoms with Crippen LogP contribution in [0.15, 0.2) is 53.9 Å². The zero-order valence-electron chi connectivity index (χ0n) is 11.9. The van der Waals surface area contributed by atoms with Crippen molar-refractivity contribution in [3.05, 3.63) is 59.4 Å². The zero-order chi connectivity index (χ0) is 17.2. The first-order valence-electron chi connectivity index (χ1n) is 6.49. The number of benzene rings is 1. The Morgan fingerprint density at radius 2 is 1.52 bits per heavy atom. The molecule has 1 aliphatic heterocycles. The van der Waals surface area contributed by atoms with Gasteiger partial charge in [-0.1, -0.05) is 30.3 Å². The van der Waals surface area contributed by atoms with E-state index in [-0.39, 0.29) is 6.54 Å². The fraction of sp³-hybridized carbons (Fsp3) is 0.143. The van der Waals surface area contributed by atoms with Crippen LogP contribution in [0.3, 0.4) is 0 Å². The van der Waals surface area contributed by atoms with Crippen molar-refractivity contribution in [2.75, 3.05) is 0 Å². The molecular formula is C14H15N3O5S. The highest BCUT2D eigenvalue weighted by atomic mass is 32.2. The van der Waals surface area contributed by atoms with Gasteiger partial charge in [-0.3, -0.25) is 14.1 Å². The van der Waals surface area contributed by atoms with Gasteiger partial charge in [-0.25, -0.2) is 0 Å². The van der Waals surface area contributed by atoms with Crippen molar-refractivity contribution >= 4 is 21.9 Å². The third kappa shape index (κ3) is 3.76. The van der Waals surface area contributed by atoms with E-state index in [1.807, 2.05) is 18.2 Å². The van der Waals surface area contributed by atoms with Gasteiger partial charge in [0, 0.05) is 18.9 Å². The summed E-state index contributed by atoms with van der Waals surface area (Å²) in [5.41, 5.74) is 10.4. The van der Waals surface area contributed by atoms with Crippen LogP contribution in [-0.2, 0) is 26.3 Å². The fourth-order valence-electron chi connectivity index (χ4n) is 2.29. The first-order chi connectivity index (χ1) is 10.7. The first-order valence-corrected chi connectivity index (χ1v) is 7.99. The summed E-state index contributed by atoms with van der Waals surface area (Å²) in [5.74, 6) is -2.14. The molecule has 2 amide bonds. The molecule has 0 radical (unpaired) electrons. The van der Waals surface area contributed by atoms with Crippen LogP contribution in [0.4, 0.5) is 0 Å². The summed E-state index contributed by atoms with van der Waals surface area (Å²) in [6.07, 6.45) is 2.36. The SMILES string of the molecule is NC(=O)C1=CN(Cc2ccccc2)C=C(C(N)=O)C1S(=O)(=O)O. The Bertz CT molecular complexity index is 767. The van der Waals surface area contributed by atoms with Crippen LogP contribution in [0.5, 0.6) is 0 Å². The van der Waals surface area contributed by atoms with Crippen LogP contribution < -0.4 is 11.5 Å². The summed E-state index contributed by atoms with van der Waals surface area (Å²) in [6, 6.07) is 9.05. The van der Waals surface area contributed by atoms with E-state index in [0.29, 0.717) is 0 Å². The topological polar surface area (TPSA) is 144 Å². The maximum atomic E-state index is 11.5. The zero-order valence-corrected chi connectivity index (χ0v) is 12.7. The maximum absolute atomic E-state index is 11.5. The van der Waals surface area contributed by atoms with Crippen LogP contribution in [0, 0.1) is 0 Å². The quantitative estimate of drug-likeness (QED) is 0.618. The largest absolute Gasteiger partial charge is 0.366 e. The molecule has 122 valence electrons. The summed E-state index contributed by atoms with van der Waals surface area (Å²) < 4.78 is 32.4. The molecule has 0 bridgehead atoms. The van der Waals surface area contributed by atoms with Crippen LogP contribution in [0.2, 0.25) is 0 Å².